The van der Waals surface area contributed by atoms with Gasteiger partial charge in [0.1, 0.15) is 11.5 Å². The molecule has 2 aromatic heterocycles. The van der Waals surface area contributed by atoms with E-state index in [4.69, 9.17) is 16.2 Å². The van der Waals surface area contributed by atoms with E-state index in [1.54, 1.807) is 0 Å². The molecular weight excluding hydrogens is 232 g/mol. The van der Waals surface area contributed by atoms with Crippen molar-refractivity contribution in [2.75, 3.05) is 36.9 Å². The van der Waals surface area contributed by atoms with Crippen LogP contribution in [0.1, 0.15) is 0 Å². The predicted molar refractivity (Wildman–Crippen MR) is 69.3 cm³/mol. The van der Waals surface area contributed by atoms with Gasteiger partial charge in [0.15, 0.2) is 0 Å². The number of anilines is 2. The van der Waals surface area contributed by atoms with Crippen LogP contribution in [0.3, 0.4) is 0 Å². The van der Waals surface area contributed by atoms with Crippen molar-refractivity contribution in [3.8, 4) is 0 Å². The first-order chi connectivity index (χ1) is 8.78. The molecule has 0 radical (unpaired) electrons. The molecule has 1 aliphatic rings. The van der Waals surface area contributed by atoms with E-state index in [1.165, 1.54) is 0 Å². The number of H-pyrrole nitrogens is 1. The minimum Gasteiger partial charge on any atom is -0.373 e. The normalized spacial score (nSPS) is 20.5. The van der Waals surface area contributed by atoms with E-state index in [2.05, 4.69) is 19.9 Å². The van der Waals surface area contributed by atoms with Gasteiger partial charge >= 0.3 is 0 Å². The Morgan fingerprint density at radius 1 is 1.50 bits per heavy atom. The molecule has 1 unspecified atom stereocenters. The first-order valence-electron chi connectivity index (χ1n) is 5.95. The van der Waals surface area contributed by atoms with Crippen LogP contribution in [0.25, 0.3) is 11.0 Å². The number of hydrogen-bond donors (Lipinski definition) is 3. The van der Waals surface area contributed by atoms with E-state index in [9.17, 15) is 0 Å². The van der Waals surface area contributed by atoms with Gasteiger partial charge in [-0.1, -0.05) is 0 Å². The SMILES string of the molecule is NCC1CN(c2nc(N)nc3[nH]ccc23)CCO1. The van der Waals surface area contributed by atoms with Crippen molar-refractivity contribution in [3.05, 3.63) is 12.3 Å². The van der Waals surface area contributed by atoms with Crippen LogP contribution < -0.4 is 16.4 Å². The van der Waals surface area contributed by atoms with Gasteiger partial charge in [0, 0.05) is 25.8 Å². The zero-order valence-electron chi connectivity index (χ0n) is 9.97. The topological polar surface area (TPSA) is 106 Å². The Hall–Kier alpha value is -1.86. The molecule has 3 heterocycles. The fraction of sp³-hybridized carbons (Fsp3) is 0.455. The zero-order chi connectivity index (χ0) is 12.5. The lowest BCUT2D eigenvalue weighted by molar-refractivity contribution is 0.0464. The number of aromatic amines is 1. The maximum absolute atomic E-state index is 5.73. The average Bonchev–Trinajstić information content (AvgIpc) is 2.85. The highest BCUT2D eigenvalue weighted by atomic mass is 16.5. The number of ether oxygens (including phenoxy) is 1. The van der Waals surface area contributed by atoms with Gasteiger partial charge in [-0.15, -0.1) is 0 Å². The number of rotatable bonds is 2. The van der Waals surface area contributed by atoms with Crippen LogP contribution in [0, 0.1) is 0 Å². The molecule has 96 valence electrons. The molecule has 0 aliphatic carbocycles. The summed E-state index contributed by atoms with van der Waals surface area (Å²) >= 11 is 0. The van der Waals surface area contributed by atoms with Gasteiger partial charge in [-0.3, -0.25) is 0 Å². The number of fused-ring (bicyclic) bond motifs is 1. The lowest BCUT2D eigenvalue weighted by atomic mass is 10.2. The van der Waals surface area contributed by atoms with Crippen LogP contribution in [-0.2, 0) is 4.74 Å². The van der Waals surface area contributed by atoms with Crippen LogP contribution in [0.5, 0.6) is 0 Å². The molecule has 1 aliphatic heterocycles. The molecule has 0 aromatic carbocycles. The standard InChI is InChI=1S/C11H16N6O/c12-5-7-6-17(3-4-18-7)10-8-1-2-14-9(8)15-11(13)16-10/h1-2,7H,3-6,12H2,(H3,13,14,15,16). The molecule has 7 nitrogen and oxygen atoms in total. The molecule has 3 rings (SSSR count). The van der Waals surface area contributed by atoms with Gasteiger partial charge in [0.25, 0.3) is 0 Å². The Labute approximate surface area is 104 Å². The number of nitrogens with zero attached hydrogens (tertiary/aromatic N) is 3. The Balaban J connectivity index is 2.00. The number of morpholine rings is 1. The quantitative estimate of drug-likeness (QED) is 0.674. The van der Waals surface area contributed by atoms with Gasteiger partial charge in [0.05, 0.1) is 18.1 Å². The van der Waals surface area contributed by atoms with E-state index in [0.29, 0.717) is 13.2 Å². The summed E-state index contributed by atoms with van der Waals surface area (Å²) in [6.45, 7) is 2.67. The maximum atomic E-state index is 5.73. The van der Waals surface area contributed by atoms with Crippen molar-refractivity contribution >= 4 is 22.8 Å². The fourth-order valence-electron chi connectivity index (χ4n) is 2.24. The molecule has 1 atom stereocenters. The summed E-state index contributed by atoms with van der Waals surface area (Å²) in [4.78, 5) is 13.7. The third-order valence-electron chi connectivity index (χ3n) is 3.11. The average molecular weight is 248 g/mol. The molecule has 7 heteroatoms. The lowest BCUT2D eigenvalue weighted by Crippen LogP contribution is -2.46. The molecule has 18 heavy (non-hydrogen) atoms. The molecule has 2 aromatic rings. The Bertz CT molecular complexity index is 553. The zero-order valence-corrected chi connectivity index (χ0v) is 9.97. The van der Waals surface area contributed by atoms with E-state index in [1.807, 2.05) is 12.3 Å². The molecule has 0 spiro atoms. The highest BCUT2D eigenvalue weighted by Gasteiger charge is 2.22. The largest absolute Gasteiger partial charge is 0.373 e. The Morgan fingerprint density at radius 3 is 3.22 bits per heavy atom. The van der Waals surface area contributed by atoms with Crippen LogP contribution in [-0.4, -0.2) is 47.3 Å². The van der Waals surface area contributed by atoms with E-state index in [-0.39, 0.29) is 12.1 Å². The van der Waals surface area contributed by atoms with Gasteiger partial charge in [-0.25, -0.2) is 0 Å². The number of nitrogen functional groups attached to an aromatic ring is 1. The second-order valence-electron chi connectivity index (χ2n) is 4.32. The second-order valence-corrected chi connectivity index (χ2v) is 4.32. The van der Waals surface area contributed by atoms with Gasteiger partial charge in [-0.05, 0) is 6.07 Å². The molecular formula is C11H16N6O. The van der Waals surface area contributed by atoms with Crippen molar-refractivity contribution in [2.24, 2.45) is 5.73 Å². The van der Waals surface area contributed by atoms with Crippen molar-refractivity contribution in [1.29, 1.82) is 0 Å². The molecule has 0 saturated carbocycles. The molecule has 1 fully saturated rings. The van der Waals surface area contributed by atoms with Crippen LogP contribution >= 0.6 is 0 Å². The van der Waals surface area contributed by atoms with Gasteiger partial charge < -0.3 is 26.1 Å². The fourth-order valence-corrected chi connectivity index (χ4v) is 2.24. The monoisotopic (exact) mass is 248 g/mol. The minimum atomic E-state index is 0.0453. The van der Waals surface area contributed by atoms with Crippen LogP contribution in [0.15, 0.2) is 12.3 Å². The summed E-state index contributed by atoms with van der Waals surface area (Å²) in [5, 5.41) is 0.974. The summed E-state index contributed by atoms with van der Waals surface area (Å²) in [7, 11) is 0. The molecule has 0 amide bonds. The molecule has 1 saturated heterocycles. The molecule has 0 bridgehead atoms. The minimum absolute atomic E-state index is 0.0453. The lowest BCUT2D eigenvalue weighted by Gasteiger charge is -2.33. The third-order valence-corrected chi connectivity index (χ3v) is 3.11. The number of nitrogens with two attached hydrogens (primary N) is 2. The smallest absolute Gasteiger partial charge is 0.223 e. The van der Waals surface area contributed by atoms with Crippen molar-refractivity contribution in [2.45, 2.75) is 6.10 Å². The predicted octanol–water partition coefficient (Wildman–Crippen LogP) is -0.296. The van der Waals surface area contributed by atoms with Crippen molar-refractivity contribution in [3.63, 3.8) is 0 Å². The van der Waals surface area contributed by atoms with Crippen molar-refractivity contribution in [1.82, 2.24) is 15.0 Å². The van der Waals surface area contributed by atoms with E-state index < -0.39 is 0 Å². The summed E-state index contributed by atoms with van der Waals surface area (Å²) in [5.41, 5.74) is 12.1. The Morgan fingerprint density at radius 2 is 2.39 bits per heavy atom. The van der Waals surface area contributed by atoms with Crippen molar-refractivity contribution < 1.29 is 4.74 Å². The second kappa shape index (κ2) is 4.43. The highest BCUT2D eigenvalue weighted by molar-refractivity contribution is 5.88. The summed E-state index contributed by atoms with van der Waals surface area (Å²) in [5.74, 6) is 1.12. The van der Waals surface area contributed by atoms with Gasteiger partial charge in [0.2, 0.25) is 5.95 Å². The summed E-state index contributed by atoms with van der Waals surface area (Å²) in [6.07, 6.45) is 1.88. The van der Waals surface area contributed by atoms with Crippen LogP contribution in [0.4, 0.5) is 11.8 Å². The summed E-state index contributed by atoms with van der Waals surface area (Å²) in [6, 6.07) is 1.96. The summed E-state index contributed by atoms with van der Waals surface area (Å²) < 4.78 is 5.55. The first-order valence-corrected chi connectivity index (χ1v) is 5.95. The number of hydrogen-bond acceptors (Lipinski definition) is 6. The highest BCUT2D eigenvalue weighted by Crippen LogP contribution is 2.25. The Kier molecular flexibility index (Phi) is 2.77. The third kappa shape index (κ3) is 1.87. The number of nitrogens with one attached hydrogen (secondary N) is 1. The maximum Gasteiger partial charge on any atom is 0.223 e. The van der Waals surface area contributed by atoms with Crippen LogP contribution in [0.2, 0.25) is 0 Å². The number of aromatic nitrogens is 3. The van der Waals surface area contributed by atoms with Gasteiger partial charge in [-0.2, -0.15) is 9.97 Å². The van der Waals surface area contributed by atoms with E-state index in [0.717, 1.165) is 29.9 Å². The van der Waals surface area contributed by atoms with E-state index >= 15 is 0 Å². The molecule has 5 N–H and O–H groups in total. The first kappa shape index (κ1) is 11.2.